The molecule has 29 heavy (non-hydrogen) atoms. The van der Waals surface area contributed by atoms with Crippen LogP contribution in [0, 0.1) is 10.1 Å². The molecule has 1 aromatic carbocycles. The van der Waals surface area contributed by atoms with E-state index in [0.717, 1.165) is 27.9 Å². The summed E-state index contributed by atoms with van der Waals surface area (Å²) in [4.78, 5) is 36.6. The number of thioether (sulfide) groups is 1. The zero-order chi connectivity index (χ0) is 21.2. The molecule has 0 unspecified atom stereocenters. The Kier molecular flexibility index (Phi) is 6.24. The number of aromatic nitrogens is 2. The first kappa shape index (κ1) is 21.3. The number of nitro benzene ring substituents is 1. The summed E-state index contributed by atoms with van der Waals surface area (Å²) in [5.74, 6) is 1.38. The number of H-pyrrole nitrogens is 1. The van der Waals surface area contributed by atoms with E-state index in [9.17, 15) is 28.1 Å². The normalized spacial score (nSPS) is 14.0. The van der Waals surface area contributed by atoms with Crippen LogP contribution in [0.2, 0.25) is 0 Å². The van der Waals surface area contributed by atoms with Crippen LogP contribution in [0.1, 0.15) is 17.7 Å². The van der Waals surface area contributed by atoms with Gasteiger partial charge in [-0.2, -0.15) is 11.8 Å². The van der Waals surface area contributed by atoms with Crippen LogP contribution in [0.25, 0.3) is 0 Å². The van der Waals surface area contributed by atoms with E-state index >= 15 is 0 Å². The number of hydrogen-bond donors (Lipinski definition) is 1. The van der Waals surface area contributed by atoms with E-state index in [2.05, 4.69) is 4.98 Å². The summed E-state index contributed by atoms with van der Waals surface area (Å²) in [7, 11) is -2.39. The van der Waals surface area contributed by atoms with Crippen molar-refractivity contribution in [1.82, 2.24) is 13.9 Å². The first-order chi connectivity index (χ1) is 13.7. The third kappa shape index (κ3) is 4.43. The lowest BCUT2D eigenvalue weighted by Crippen LogP contribution is -2.37. The predicted molar refractivity (Wildman–Crippen MR) is 109 cm³/mol. The van der Waals surface area contributed by atoms with Crippen molar-refractivity contribution in [3.05, 3.63) is 66.5 Å². The lowest BCUT2D eigenvalue weighted by molar-refractivity contribution is -0.384. The van der Waals surface area contributed by atoms with E-state index in [1.54, 1.807) is 11.8 Å². The van der Waals surface area contributed by atoms with Crippen molar-refractivity contribution in [2.75, 3.05) is 19.3 Å². The minimum absolute atomic E-state index is 0.0405. The predicted octanol–water partition coefficient (Wildman–Crippen LogP) is 0.945. The molecule has 0 radical (unpaired) electrons. The molecule has 1 N–H and O–H groups in total. The Morgan fingerprint density at radius 3 is 2.62 bits per heavy atom. The third-order valence-corrected chi connectivity index (χ3v) is 7.61. The van der Waals surface area contributed by atoms with Crippen LogP contribution < -0.4 is 11.2 Å². The molecule has 1 aliphatic heterocycles. The second kappa shape index (κ2) is 8.51. The number of hydrogen-bond acceptors (Lipinski definition) is 7. The molecule has 2 aromatic rings. The first-order valence-electron chi connectivity index (χ1n) is 8.85. The van der Waals surface area contributed by atoms with Gasteiger partial charge in [0.05, 0.1) is 9.82 Å². The molecule has 0 saturated carbocycles. The van der Waals surface area contributed by atoms with Gasteiger partial charge in [0.2, 0.25) is 10.0 Å². The molecule has 0 spiro atoms. The molecule has 3 rings (SSSR count). The van der Waals surface area contributed by atoms with E-state index in [1.165, 1.54) is 23.7 Å². The van der Waals surface area contributed by atoms with Gasteiger partial charge in [0, 0.05) is 49.3 Å². The molecular formula is C17H20N4O6S2. The largest absolute Gasteiger partial charge is 0.328 e. The van der Waals surface area contributed by atoms with Crippen LogP contribution in [0.15, 0.2) is 38.8 Å². The molecule has 0 fully saturated rings. The van der Waals surface area contributed by atoms with Crippen molar-refractivity contribution in [3.8, 4) is 0 Å². The fraction of sp³-hybridized carbons (Fsp3) is 0.412. The van der Waals surface area contributed by atoms with Gasteiger partial charge in [0.1, 0.15) is 0 Å². The number of rotatable bonds is 7. The number of benzene rings is 1. The highest BCUT2D eigenvalue weighted by Crippen LogP contribution is 2.21. The fourth-order valence-corrected chi connectivity index (χ4v) is 5.36. The number of nitro groups is 1. The molecule has 0 bridgehead atoms. The van der Waals surface area contributed by atoms with E-state index in [0.29, 0.717) is 24.2 Å². The van der Waals surface area contributed by atoms with E-state index in [1.807, 2.05) is 0 Å². The minimum Gasteiger partial charge on any atom is -0.297 e. The van der Waals surface area contributed by atoms with Crippen molar-refractivity contribution < 1.29 is 13.3 Å². The summed E-state index contributed by atoms with van der Waals surface area (Å²) in [6.45, 7) is 0.428. The number of nitrogens with one attached hydrogen (secondary N) is 1. The molecule has 10 nitrogen and oxygen atoms in total. The maximum absolute atomic E-state index is 12.6. The zero-order valence-electron chi connectivity index (χ0n) is 15.7. The standard InChI is InChI=1S/C17H20N4O6S2/c1-19(29(26,27)13-5-3-12(4-6-13)21(24)25)8-2-9-20-15-7-10-28-11-14(15)16(22)18-17(20)23/h3-6H,2,7-11H2,1H3,(H,18,22,23). The smallest absolute Gasteiger partial charge is 0.297 e. The van der Waals surface area contributed by atoms with Crippen LogP contribution in [0.5, 0.6) is 0 Å². The minimum atomic E-state index is -3.81. The fourth-order valence-electron chi connectivity index (χ4n) is 3.16. The lowest BCUT2D eigenvalue weighted by Gasteiger charge is -2.21. The highest BCUT2D eigenvalue weighted by atomic mass is 32.2. The van der Waals surface area contributed by atoms with Gasteiger partial charge in [0.25, 0.3) is 11.2 Å². The van der Waals surface area contributed by atoms with Crippen molar-refractivity contribution >= 4 is 27.5 Å². The van der Waals surface area contributed by atoms with E-state index in [-0.39, 0.29) is 29.2 Å². The van der Waals surface area contributed by atoms with Gasteiger partial charge in [0.15, 0.2) is 0 Å². The van der Waals surface area contributed by atoms with Crippen LogP contribution in [0.4, 0.5) is 5.69 Å². The molecule has 1 aromatic heterocycles. The molecule has 0 aliphatic carbocycles. The van der Waals surface area contributed by atoms with Crippen LogP contribution in [-0.4, -0.2) is 46.5 Å². The summed E-state index contributed by atoms with van der Waals surface area (Å²) in [6, 6.07) is 4.69. The average Bonchev–Trinajstić information content (AvgIpc) is 2.70. The van der Waals surface area contributed by atoms with Gasteiger partial charge >= 0.3 is 5.69 Å². The Morgan fingerprint density at radius 2 is 1.97 bits per heavy atom. The second-order valence-corrected chi connectivity index (χ2v) is 9.72. The Balaban J connectivity index is 1.71. The molecular weight excluding hydrogens is 420 g/mol. The Labute approximate surface area is 170 Å². The molecule has 0 saturated heterocycles. The Hall–Kier alpha value is -2.44. The molecule has 0 amide bonds. The SMILES string of the molecule is CN(CCCn1c2c(c(=O)[nH]c1=O)CSCC2)S(=O)(=O)c1ccc([N+](=O)[O-])cc1. The van der Waals surface area contributed by atoms with E-state index < -0.39 is 20.6 Å². The quantitative estimate of drug-likeness (QED) is 0.500. The highest BCUT2D eigenvalue weighted by molar-refractivity contribution is 7.98. The number of aromatic amines is 1. The maximum atomic E-state index is 12.6. The number of fused-ring (bicyclic) bond motifs is 1. The van der Waals surface area contributed by atoms with Gasteiger partial charge < -0.3 is 0 Å². The van der Waals surface area contributed by atoms with Gasteiger partial charge in [-0.05, 0) is 30.7 Å². The average molecular weight is 441 g/mol. The highest BCUT2D eigenvalue weighted by Gasteiger charge is 2.22. The van der Waals surface area contributed by atoms with Crippen LogP contribution >= 0.6 is 11.8 Å². The Morgan fingerprint density at radius 1 is 1.28 bits per heavy atom. The first-order valence-corrected chi connectivity index (χ1v) is 11.4. The van der Waals surface area contributed by atoms with E-state index in [4.69, 9.17) is 0 Å². The van der Waals surface area contributed by atoms with Crippen molar-refractivity contribution in [2.24, 2.45) is 0 Å². The number of nitrogens with zero attached hydrogens (tertiary/aromatic N) is 3. The lowest BCUT2D eigenvalue weighted by atomic mass is 10.2. The number of sulfonamides is 1. The molecule has 12 heteroatoms. The summed E-state index contributed by atoms with van der Waals surface area (Å²) in [5, 5.41) is 10.7. The number of non-ortho nitro benzene ring substituents is 1. The monoisotopic (exact) mass is 440 g/mol. The zero-order valence-corrected chi connectivity index (χ0v) is 17.3. The van der Waals surface area contributed by atoms with Gasteiger partial charge in [-0.25, -0.2) is 17.5 Å². The van der Waals surface area contributed by atoms with Gasteiger partial charge in [-0.3, -0.25) is 24.5 Å². The summed E-state index contributed by atoms with van der Waals surface area (Å²) < 4.78 is 27.9. The topological polar surface area (TPSA) is 135 Å². The molecule has 1 aliphatic rings. The summed E-state index contributed by atoms with van der Waals surface area (Å²) >= 11 is 1.63. The van der Waals surface area contributed by atoms with Crippen molar-refractivity contribution in [3.63, 3.8) is 0 Å². The van der Waals surface area contributed by atoms with Gasteiger partial charge in [-0.15, -0.1) is 0 Å². The molecule has 2 heterocycles. The maximum Gasteiger partial charge on any atom is 0.328 e. The molecule has 0 atom stereocenters. The third-order valence-electron chi connectivity index (χ3n) is 4.75. The second-order valence-electron chi connectivity index (χ2n) is 6.57. The van der Waals surface area contributed by atoms with Gasteiger partial charge in [-0.1, -0.05) is 0 Å². The summed E-state index contributed by atoms with van der Waals surface area (Å²) in [5.41, 5.74) is 0.297. The summed E-state index contributed by atoms with van der Waals surface area (Å²) in [6.07, 6.45) is 0.990. The van der Waals surface area contributed by atoms with Crippen molar-refractivity contribution in [1.29, 1.82) is 0 Å². The Bertz CT molecular complexity index is 1140. The van der Waals surface area contributed by atoms with Crippen LogP contribution in [-0.2, 0) is 28.7 Å². The molecule has 156 valence electrons. The van der Waals surface area contributed by atoms with Crippen LogP contribution in [0.3, 0.4) is 0 Å². The van der Waals surface area contributed by atoms with Crippen molar-refractivity contribution in [2.45, 2.75) is 30.0 Å².